The number of amides is 1. The van der Waals surface area contributed by atoms with E-state index in [0.717, 1.165) is 24.0 Å². The van der Waals surface area contributed by atoms with Crippen molar-refractivity contribution in [1.82, 2.24) is 4.90 Å². The third-order valence-electron chi connectivity index (χ3n) is 6.92. The van der Waals surface area contributed by atoms with Crippen LogP contribution >= 0.6 is 23.2 Å². The monoisotopic (exact) mass is 487 g/mol. The maximum absolute atomic E-state index is 14.0. The van der Waals surface area contributed by atoms with E-state index in [-0.39, 0.29) is 29.9 Å². The highest BCUT2D eigenvalue weighted by molar-refractivity contribution is 6.30. The molecule has 33 heavy (non-hydrogen) atoms. The summed E-state index contributed by atoms with van der Waals surface area (Å²) >= 11 is 12.5. The van der Waals surface area contributed by atoms with Crippen LogP contribution in [-0.4, -0.2) is 33.7 Å². The first kappa shape index (κ1) is 23.8. The lowest BCUT2D eigenvalue weighted by atomic mass is 9.66. The highest BCUT2D eigenvalue weighted by Gasteiger charge is 2.55. The molecule has 0 unspecified atom stereocenters. The molecule has 1 aliphatic carbocycles. The largest absolute Gasteiger partial charge is 0.481 e. The van der Waals surface area contributed by atoms with Gasteiger partial charge in [0.25, 0.3) is 0 Å². The van der Waals surface area contributed by atoms with Gasteiger partial charge in [0.1, 0.15) is 0 Å². The van der Waals surface area contributed by atoms with Crippen molar-refractivity contribution >= 4 is 40.9 Å². The van der Waals surface area contributed by atoms with Crippen molar-refractivity contribution < 1.29 is 19.5 Å². The number of aliphatic carboxylic acids is 1. The average molecular weight is 488 g/mol. The molecule has 1 heterocycles. The van der Waals surface area contributed by atoms with Crippen LogP contribution in [0.4, 0.5) is 0 Å². The van der Waals surface area contributed by atoms with Gasteiger partial charge in [0, 0.05) is 16.0 Å². The number of carboxylic acids is 1. The fourth-order valence-electron chi connectivity index (χ4n) is 5.35. The lowest BCUT2D eigenvalue weighted by molar-refractivity contribution is -0.163. The number of carboxylic acid groups (broad SMARTS) is 1. The number of carbonyl (C=O) groups excluding carboxylic acids is 2. The fourth-order valence-corrected chi connectivity index (χ4v) is 5.68. The van der Waals surface area contributed by atoms with Gasteiger partial charge in [-0.25, -0.2) is 0 Å². The third-order valence-corrected chi connectivity index (χ3v) is 7.40. The fraction of sp³-hybridized carbons (Fsp3) is 0.423. The minimum atomic E-state index is -1.15. The molecule has 1 aliphatic heterocycles. The summed E-state index contributed by atoms with van der Waals surface area (Å²) in [5, 5.41) is 10.8. The van der Waals surface area contributed by atoms with Gasteiger partial charge in [-0.3, -0.25) is 14.4 Å². The number of benzene rings is 2. The van der Waals surface area contributed by atoms with E-state index >= 15 is 0 Å². The Labute approximate surface area is 203 Å². The Bertz CT molecular complexity index is 1080. The third kappa shape index (κ3) is 4.80. The highest BCUT2D eigenvalue weighted by atomic mass is 35.5. The summed E-state index contributed by atoms with van der Waals surface area (Å²) in [7, 11) is 0. The van der Waals surface area contributed by atoms with Crippen LogP contribution in [0.1, 0.15) is 62.6 Å². The highest BCUT2D eigenvalue weighted by Crippen LogP contribution is 2.54. The molecule has 0 spiro atoms. The SMILES string of the molecule is CC(=O)[C@H](C1CC1)N1C(=O)[C@](C)(CC(=O)O)C[C@H](c2cccc(Cl)c2)[C@H]1c1ccc(Cl)cc1. The second-order valence-corrected chi connectivity index (χ2v) is 10.5. The Balaban J connectivity index is 1.93. The van der Waals surface area contributed by atoms with E-state index in [4.69, 9.17) is 23.2 Å². The Morgan fingerprint density at radius 3 is 2.30 bits per heavy atom. The Morgan fingerprint density at radius 1 is 1.09 bits per heavy atom. The molecule has 1 N–H and O–H groups in total. The van der Waals surface area contributed by atoms with Crippen LogP contribution in [0.25, 0.3) is 0 Å². The lowest BCUT2D eigenvalue weighted by Crippen LogP contribution is -2.58. The number of nitrogens with zero attached hydrogens (tertiary/aromatic N) is 1. The Morgan fingerprint density at radius 2 is 1.76 bits per heavy atom. The number of rotatable bonds is 7. The van der Waals surface area contributed by atoms with Crippen LogP contribution < -0.4 is 0 Å². The zero-order valence-electron chi connectivity index (χ0n) is 18.6. The zero-order chi connectivity index (χ0) is 23.9. The lowest BCUT2D eigenvalue weighted by Gasteiger charge is -2.51. The van der Waals surface area contributed by atoms with Crippen molar-refractivity contribution in [1.29, 1.82) is 0 Å². The summed E-state index contributed by atoms with van der Waals surface area (Å²) in [6.45, 7) is 3.23. The van der Waals surface area contributed by atoms with Gasteiger partial charge < -0.3 is 10.0 Å². The Kier molecular flexibility index (Phi) is 6.56. The minimum absolute atomic E-state index is 0.0748. The van der Waals surface area contributed by atoms with Crippen molar-refractivity contribution in [2.75, 3.05) is 0 Å². The standard InChI is InChI=1S/C26H27Cl2NO4/c1-15(30)23(16-6-7-16)29-24(17-8-10-19(27)11-9-17)21(18-4-3-5-20(28)12-18)13-26(2,25(29)33)14-22(31)32/h3-5,8-12,16,21,23-24H,6-7,13-14H2,1-2H3,(H,31,32)/t21-,23-,24-,26+/m1/s1. The van der Waals surface area contributed by atoms with Gasteiger partial charge >= 0.3 is 5.97 Å². The van der Waals surface area contributed by atoms with Crippen LogP contribution in [0.15, 0.2) is 48.5 Å². The van der Waals surface area contributed by atoms with Crippen molar-refractivity contribution in [2.45, 2.75) is 57.5 Å². The predicted octanol–water partition coefficient (Wildman–Crippen LogP) is 5.90. The molecule has 1 saturated carbocycles. The Hall–Kier alpha value is -2.37. The molecule has 0 radical (unpaired) electrons. The number of carbonyl (C=O) groups is 3. The van der Waals surface area contributed by atoms with Crippen molar-refractivity contribution in [3.05, 3.63) is 69.7 Å². The molecule has 1 saturated heterocycles. The molecule has 4 rings (SSSR count). The molecule has 2 fully saturated rings. The zero-order valence-corrected chi connectivity index (χ0v) is 20.1. The molecule has 4 atom stereocenters. The van der Waals surface area contributed by atoms with E-state index in [1.165, 1.54) is 6.92 Å². The number of hydrogen-bond acceptors (Lipinski definition) is 3. The van der Waals surface area contributed by atoms with Crippen LogP contribution in [0.2, 0.25) is 10.0 Å². The molecule has 174 valence electrons. The summed E-state index contributed by atoms with van der Waals surface area (Å²) in [4.78, 5) is 40.4. The second-order valence-electron chi connectivity index (χ2n) is 9.60. The van der Waals surface area contributed by atoms with Gasteiger partial charge in [0.2, 0.25) is 5.91 Å². The van der Waals surface area contributed by atoms with Crippen LogP contribution in [0.5, 0.6) is 0 Å². The summed E-state index contributed by atoms with van der Waals surface area (Å²) in [5.74, 6) is -1.54. The number of piperidine rings is 1. The smallest absolute Gasteiger partial charge is 0.304 e. The topological polar surface area (TPSA) is 74.7 Å². The quantitative estimate of drug-likeness (QED) is 0.527. The molecule has 2 aliphatic rings. The van der Waals surface area contributed by atoms with Gasteiger partial charge in [-0.15, -0.1) is 0 Å². The van der Waals surface area contributed by atoms with Crippen LogP contribution in [0.3, 0.4) is 0 Å². The molecular weight excluding hydrogens is 461 g/mol. The average Bonchev–Trinajstić information content (AvgIpc) is 3.56. The molecule has 2 aromatic rings. The molecular formula is C26H27Cl2NO4. The summed E-state index contributed by atoms with van der Waals surface area (Å²) in [6.07, 6.45) is 1.78. The normalized spacial score (nSPS) is 26.2. The van der Waals surface area contributed by atoms with E-state index in [2.05, 4.69) is 0 Å². The van der Waals surface area contributed by atoms with Gasteiger partial charge in [0.05, 0.1) is 23.9 Å². The van der Waals surface area contributed by atoms with Crippen LogP contribution in [-0.2, 0) is 14.4 Å². The summed E-state index contributed by atoms with van der Waals surface area (Å²) < 4.78 is 0. The number of ketones is 1. The molecule has 5 nitrogen and oxygen atoms in total. The first-order chi connectivity index (χ1) is 15.6. The molecule has 2 aromatic carbocycles. The molecule has 0 bridgehead atoms. The summed E-state index contributed by atoms with van der Waals surface area (Å²) in [6, 6.07) is 13.8. The van der Waals surface area contributed by atoms with Gasteiger partial charge in [-0.2, -0.15) is 0 Å². The second kappa shape index (κ2) is 9.11. The molecule has 0 aromatic heterocycles. The number of likely N-dealkylation sites (tertiary alicyclic amines) is 1. The minimum Gasteiger partial charge on any atom is -0.481 e. The maximum atomic E-state index is 14.0. The number of hydrogen-bond donors (Lipinski definition) is 1. The molecule has 7 heteroatoms. The number of Topliss-reactive ketones (excluding diaryl/α,β-unsaturated/α-hetero) is 1. The van der Waals surface area contributed by atoms with E-state index < -0.39 is 23.5 Å². The first-order valence-corrected chi connectivity index (χ1v) is 11.9. The first-order valence-electron chi connectivity index (χ1n) is 11.2. The van der Waals surface area contributed by atoms with Crippen LogP contribution in [0, 0.1) is 11.3 Å². The van der Waals surface area contributed by atoms with E-state index in [0.29, 0.717) is 16.5 Å². The van der Waals surface area contributed by atoms with Gasteiger partial charge in [-0.1, -0.05) is 54.4 Å². The van der Waals surface area contributed by atoms with E-state index in [1.807, 2.05) is 30.3 Å². The summed E-state index contributed by atoms with van der Waals surface area (Å²) in [5.41, 5.74) is 0.626. The van der Waals surface area contributed by atoms with E-state index in [1.54, 1.807) is 30.0 Å². The maximum Gasteiger partial charge on any atom is 0.304 e. The van der Waals surface area contributed by atoms with Gasteiger partial charge in [-0.05, 0) is 67.5 Å². The van der Waals surface area contributed by atoms with Crippen molar-refractivity contribution in [2.24, 2.45) is 11.3 Å². The van der Waals surface area contributed by atoms with Crippen molar-refractivity contribution in [3.63, 3.8) is 0 Å². The predicted molar refractivity (Wildman–Crippen MR) is 127 cm³/mol. The number of halogens is 2. The van der Waals surface area contributed by atoms with Crippen molar-refractivity contribution in [3.8, 4) is 0 Å². The van der Waals surface area contributed by atoms with Gasteiger partial charge in [0.15, 0.2) is 5.78 Å². The van der Waals surface area contributed by atoms with E-state index in [9.17, 15) is 19.5 Å². The molecule has 1 amide bonds.